The molecule has 4 heterocycles. The van der Waals surface area contributed by atoms with Crippen molar-refractivity contribution < 1.29 is 8.83 Å². The summed E-state index contributed by atoms with van der Waals surface area (Å²) >= 11 is 3.07. The minimum atomic E-state index is -0.422. The van der Waals surface area contributed by atoms with E-state index in [4.69, 9.17) is 8.83 Å². The van der Waals surface area contributed by atoms with Crippen LogP contribution < -0.4 is 11.3 Å². The summed E-state index contributed by atoms with van der Waals surface area (Å²) in [4.78, 5) is 38.1. The molecule has 4 aromatic rings. The van der Waals surface area contributed by atoms with Crippen LogP contribution in [-0.2, 0) is 25.7 Å². The third-order valence-corrected chi connectivity index (χ3v) is 8.05. The third kappa shape index (κ3) is 2.37. The maximum atomic E-state index is 12.7. The molecule has 0 saturated carbocycles. The molecule has 2 aliphatic carbocycles. The molecule has 0 bridgehead atoms. The van der Waals surface area contributed by atoms with Gasteiger partial charge in [-0.25, -0.2) is 9.59 Å². The first-order valence-electron chi connectivity index (χ1n) is 9.60. The highest BCUT2D eigenvalue weighted by Gasteiger charge is 2.25. The lowest BCUT2D eigenvalue weighted by atomic mass is 9.97. The maximum Gasteiger partial charge on any atom is 0.348 e. The first-order valence-corrected chi connectivity index (χ1v) is 11.2. The van der Waals surface area contributed by atoms with Crippen molar-refractivity contribution in [3.05, 3.63) is 41.7 Å². The van der Waals surface area contributed by atoms with Gasteiger partial charge in [-0.15, -0.1) is 22.7 Å². The van der Waals surface area contributed by atoms with Gasteiger partial charge in [0.2, 0.25) is 0 Å². The number of hydrogen-bond acceptors (Lipinski definition) is 8. The predicted molar refractivity (Wildman–Crippen MR) is 109 cm³/mol. The van der Waals surface area contributed by atoms with Crippen LogP contribution in [0.2, 0.25) is 0 Å². The Hall–Kier alpha value is -2.32. The molecular weight excluding hydrogens is 396 g/mol. The van der Waals surface area contributed by atoms with E-state index in [1.165, 1.54) is 32.4 Å². The van der Waals surface area contributed by atoms with Crippen LogP contribution in [0.1, 0.15) is 46.6 Å². The predicted octanol–water partition coefficient (Wildman–Crippen LogP) is 4.24. The van der Waals surface area contributed by atoms with Crippen LogP contribution in [-0.4, -0.2) is 9.97 Å². The Balaban J connectivity index is 1.56. The van der Waals surface area contributed by atoms with Crippen molar-refractivity contribution in [2.45, 2.75) is 51.4 Å². The van der Waals surface area contributed by atoms with E-state index in [0.717, 1.165) is 62.5 Å². The van der Waals surface area contributed by atoms with Gasteiger partial charge in [-0.3, -0.25) is 0 Å². The van der Waals surface area contributed by atoms with E-state index in [-0.39, 0.29) is 11.8 Å². The highest BCUT2D eigenvalue weighted by molar-refractivity contribution is 7.19. The highest BCUT2D eigenvalue weighted by atomic mass is 32.1. The molecule has 4 aromatic heterocycles. The third-order valence-electron chi connectivity index (χ3n) is 5.68. The Morgan fingerprint density at radius 2 is 1.07 bits per heavy atom. The quantitative estimate of drug-likeness (QED) is 0.465. The molecule has 0 amide bonds. The van der Waals surface area contributed by atoms with Gasteiger partial charge in [-0.1, -0.05) is 0 Å². The molecule has 0 atom stereocenters. The number of rotatable bonds is 1. The number of aromatic nitrogens is 2. The Labute approximate surface area is 166 Å². The molecule has 0 N–H and O–H groups in total. The van der Waals surface area contributed by atoms with Gasteiger partial charge >= 0.3 is 11.3 Å². The van der Waals surface area contributed by atoms with E-state index >= 15 is 0 Å². The summed E-state index contributed by atoms with van der Waals surface area (Å²) in [6.45, 7) is 0. The highest BCUT2D eigenvalue weighted by Crippen LogP contribution is 2.36. The van der Waals surface area contributed by atoms with Crippen molar-refractivity contribution in [2.75, 3.05) is 0 Å². The molecule has 0 spiro atoms. The van der Waals surface area contributed by atoms with Crippen molar-refractivity contribution in [3.63, 3.8) is 0 Å². The van der Waals surface area contributed by atoms with Gasteiger partial charge in [0.1, 0.15) is 20.4 Å². The molecule has 6 nitrogen and oxygen atoms in total. The van der Waals surface area contributed by atoms with Gasteiger partial charge < -0.3 is 8.83 Å². The van der Waals surface area contributed by atoms with E-state index in [9.17, 15) is 9.59 Å². The number of nitrogens with zero attached hydrogens (tertiary/aromatic N) is 2. The summed E-state index contributed by atoms with van der Waals surface area (Å²) in [6.07, 6.45) is 8.16. The monoisotopic (exact) mass is 412 g/mol. The molecule has 8 heteroatoms. The van der Waals surface area contributed by atoms with E-state index in [0.29, 0.717) is 20.4 Å². The molecule has 0 unspecified atom stereocenters. The second-order valence-corrected chi connectivity index (χ2v) is 9.56. The van der Waals surface area contributed by atoms with Crippen LogP contribution in [0, 0.1) is 0 Å². The second-order valence-electron chi connectivity index (χ2n) is 7.40. The van der Waals surface area contributed by atoms with Gasteiger partial charge in [0, 0.05) is 9.75 Å². The van der Waals surface area contributed by atoms with Gasteiger partial charge in [0.15, 0.2) is 0 Å². The minimum absolute atomic E-state index is 0.0125. The van der Waals surface area contributed by atoms with E-state index in [2.05, 4.69) is 9.97 Å². The molecular formula is C20H16N2O4S2. The van der Waals surface area contributed by atoms with Crippen LogP contribution >= 0.6 is 22.7 Å². The zero-order valence-corrected chi connectivity index (χ0v) is 16.6. The fourth-order valence-corrected chi connectivity index (χ4v) is 6.86. The van der Waals surface area contributed by atoms with E-state index in [1.54, 1.807) is 0 Å². The zero-order valence-electron chi connectivity index (χ0n) is 15.0. The number of thiophene rings is 2. The zero-order chi connectivity index (χ0) is 18.8. The standard InChI is InChI=1S/C20H16N2O4S2/c23-19-13-9-5-1-3-7-11(9)27-17(13)21-15(25-19)16-22-18-14(20(24)26-16)10-6-2-4-8-12(10)28-18/h1-8H2. The molecule has 2 aliphatic rings. The van der Waals surface area contributed by atoms with Gasteiger partial charge in [0.05, 0.1) is 0 Å². The fraction of sp³-hybridized carbons (Fsp3) is 0.400. The van der Waals surface area contributed by atoms with Crippen molar-refractivity contribution in [2.24, 2.45) is 0 Å². The average Bonchev–Trinajstić information content (AvgIpc) is 3.26. The van der Waals surface area contributed by atoms with Crippen LogP contribution in [0.15, 0.2) is 18.4 Å². The van der Waals surface area contributed by atoms with Crippen LogP contribution in [0.3, 0.4) is 0 Å². The molecule has 142 valence electrons. The summed E-state index contributed by atoms with van der Waals surface area (Å²) in [7, 11) is 0. The first-order chi connectivity index (χ1) is 13.7. The van der Waals surface area contributed by atoms with Crippen molar-refractivity contribution in [1.29, 1.82) is 0 Å². The van der Waals surface area contributed by atoms with Gasteiger partial charge in [-0.05, 0) is 62.5 Å². The van der Waals surface area contributed by atoms with Crippen molar-refractivity contribution >= 4 is 43.1 Å². The average molecular weight is 412 g/mol. The first kappa shape index (κ1) is 16.6. The summed E-state index contributed by atoms with van der Waals surface area (Å²) in [5.41, 5.74) is 1.31. The molecule has 0 fully saturated rings. The summed E-state index contributed by atoms with van der Waals surface area (Å²) < 4.78 is 10.9. The Kier molecular flexibility index (Phi) is 3.61. The van der Waals surface area contributed by atoms with Crippen LogP contribution in [0.5, 0.6) is 0 Å². The lowest BCUT2D eigenvalue weighted by Crippen LogP contribution is -2.09. The Bertz CT molecular complexity index is 1270. The molecule has 0 saturated heterocycles. The smallest absolute Gasteiger partial charge is 0.348 e. The van der Waals surface area contributed by atoms with Crippen LogP contribution in [0.4, 0.5) is 0 Å². The molecule has 0 radical (unpaired) electrons. The summed E-state index contributed by atoms with van der Waals surface area (Å²) in [5.74, 6) is -0.0251. The summed E-state index contributed by atoms with van der Waals surface area (Å²) in [5, 5.41) is 1.16. The van der Waals surface area contributed by atoms with E-state index < -0.39 is 11.3 Å². The van der Waals surface area contributed by atoms with Crippen molar-refractivity contribution in [3.8, 4) is 11.8 Å². The Morgan fingerprint density at radius 1 is 0.643 bits per heavy atom. The SMILES string of the molecule is O=c1oc(-c2nc3sc4c(c3c(=O)o2)CCCC4)nc2sc3c(c12)CCCC3. The maximum absolute atomic E-state index is 12.7. The number of aryl methyl sites for hydroxylation is 4. The number of fused-ring (bicyclic) bond motifs is 6. The Morgan fingerprint density at radius 3 is 1.54 bits per heavy atom. The molecule has 28 heavy (non-hydrogen) atoms. The minimum Gasteiger partial charge on any atom is -0.398 e. The molecule has 0 aliphatic heterocycles. The topological polar surface area (TPSA) is 86.2 Å². The summed E-state index contributed by atoms with van der Waals surface area (Å²) in [6, 6.07) is 0. The van der Waals surface area contributed by atoms with Gasteiger partial charge in [-0.2, -0.15) is 9.97 Å². The lowest BCUT2D eigenvalue weighted by molar-refractivity contribution is 0.454. The second kappa shape index (κ2) is 6.09. The normalized spacial score (nSPS) is 16.4. The van der Waals surface area contributed by atoms with Crippen molar-refractivity contribution in [1.82, 2.24) is 9.97 Å². The van der Waals surface area contributed by atoms with E-state index in [1.807, 2.05) is 0 Å². The van der Waals surface area contributed by atoms with Crippen LogP contribution in [0.25, 0.3) is 32.2 Å². The lowest BCUT2D eigenvalue weighted by Gasteiger charge is -2.09. The largest absolute Gasteiger partial charge is 0.398 e. The fourth-order valence-electron chi connectivity index (χ4n) is 4.37. The molecule has 6 rings (SSSR count). The van der Waals surface area contributed by atoms with Gasteiger partial charge in [0.25, 0.3) is 11.8 Å². The number of hydrogen-bond donors (Lipinski definition) is 0. The molecule has 0 aromatic carbocycles.